The molecule has 0 amide bonds. The predicted octanol–water partition coefficient (Wildman–Crippen LogP) is 3.98. The van der Waals surface area contributed by atoms with Gasteiger partial charge in [0.2, 0.25) is 0 Å². The van der Waals surface area contributed by atoms with E-state index < -0.39 is 0 Å². The molecular formula is C11H13Cl. The number of hydrogen-bond acceptors (Lipinski definition) is 0. The first kappa shape index (κ1) is 9.34. The molecule has 0 radical (unpaired) electrons. The van der Waals surface area contributed by atoms with Crippen molar-refractivity contribution in [1.29, 1.82) is 0 Å². The maximum absolute atomic E-state index is 5.91. The normalized spacial score (nSPS) is 12.7. The Kier molecular flexibility index (Phi) is 2.93. The minimum Gasteiger partial charge on any atom is -0.0892 e. The van der Waals surface area contributed by atoms with Crippen molar-refractivity contribution < 1.29 is 0 Å². The summed E-state index contributed by atoms with van der Waals surface area (Å²) in [6.45, 7) is 6.06. The minimum absolute atomic E-state index is 0.865. The van der Waals surface area contributed by atoms with Gasteiger partial charge in [-0.25, -0.2) is 0 Å². The number of benzene rings is 1. The van der Waals surface area contributed by atoms with Crippen LogP contribution in [-0.4, -0.2) is 0 Å². The first-order chi connectivity index (χ1) is 5.63. The van der Waals surface area contributed by atoms with E-state index in [-0.39, 0.29) is 0 Å². The molecule has 0 atom stereocenters. The van der Waals surface area contributed by atoms with E-state index in [4.69, 9.17) is 11.6 Å². The molecule has 1 aromatic rings. The number of rotatable bonds is 1. The summed E-state index contributed by atoms with van der Waals surface area (Å²) in [5, 5.41) is 0.865. The van der Waals surface area contributed by atoms with Gasteiger partial charge in [0.25, 0.3) is 0 Å². The van der Waals surface area contributed by atoms with Crippen LogP contribution in [0.25, 0.3) is 5.57 Å². The molecule has 0 aliphatic rings. The van der Waals surface area contributed by atoms with Gasteiger partial charge in [0, 0.05) is 5.03 Å². The van der Waals surface area contributed by atoms with Gasteiger partial charge in [-0.3, -0.25) is 0 Å². The van der Waals surface area contributed by atoms with Gasteiger partial charge in [0.15, 0.2) is 0 Å². The van der Waals surface area contributed by atoms with Crippen LogP contribution < -0.4 is 0 Å². The van der Waals surface area contributed by atoms with Crippen LogP contribution in [0.15, 0.2) is 29.3 Å². The van der Waals surface area contributed by atoms with Crippen molar-refractivity contribution in [3.05, 3.63) is 40.4 Å². The van der Waals surface area contributed by atoms with Crippen LogP contribution in [0.2, 0.25) is 0 Å². The first-order valence-electron chi connectivity index (χ1n) is 4.02. The zero-order valence-electron chi connectivity index (χ0n) is 7.69. The Hall–Kier alpha value is -0.750. The zero-order valence-corrected chi connectivity index (χ0v) is 8.44. The SMILES string of the molecule is CC(Cl)=C(C)c1ccccc1C. The van der Waals surface area contributed by atoms with Gasteiger partial charge in [-0.2, -0.15) is 0 Å². The molecule has 0 N–H and O–H groups in total. The Balaban J connectivity index is 3.21. The second kappa shape index (κ2) is 3.77. The summed E-state index contributed by atoms with van der Waals surface area (Å²) < 4.78 is 0. The summed E-state index contributed by atoms with van der Waals surface area (Å²) in [5.41, 5.74) is 3.68. The van der Waals surface area contributed by atoms with E-state index in [0.717, 1.165) is 10.6 Å². The fraction of sp³-hybridized carbons (Fsp3) is 0.273. The molecule has 0 bridgehead atoms. The largest absolute Gasteiger partial charge is 0.0892 e. The molecule has 1 aromatic carbocycles. The van der Waals surface area contributed by atoms with E-state index >= 15 is 0 Å². The number of allylic oxidation sites excluding steroid dienone is 2. The van der Waals surface area contributed by atoms with E-state index in [1.165, 1.54) is 11.1 Å². The second-order valence-corrected chi connectivity index (χ2v) is 3.54. The molecule has 1 rings (SSSR count). The Morgan fingerprint density at radius 1 is 1.17 bits per heavy atom. The van der Waals surface area contributed by atoms with Crippen molar-refractivity contribution in [2.24, 2.45) is 0 Å². The highest BCUT2D eigenvalue weighted by atomic mass is 35.5. The van der Waals surface area contributed by atoms with Crippen molar-refractivity contribution in [2.45, 2.75) is 20.8 Å². The predicted molar refractivity (Wildman–Crippen MR) is 55.3 cm³/mol. The number of hydrogen-bond donors (Lipinski definition) is 0. The van der Waals surface area contributed by atoms with Gasteiger partial charge in [0.05, 0.1) is 0 Å². The number of halogens is 1. The molecule has 0 aliphatic carbocycles. The van der Waals surface area contributed by atoms with Crippen LogP contribution in [0, 0.1) is 6.92 Å². The van der Waals surface area contributed by atoms with Crippen LogP contribution in [-0.2, 0) is 0 Å². The molecule has 0 unspecified atom stereocenters. The monoisotopic (exact) mass is 180 g/mol. The van der Waals surface area contributed by atoms with Crippen molar-refractivity contribution in [3.63, 3.8) is 0 Å². The fourth-order valence-electron chi connectivity index (χ4n) is 1.18. The molecule has 0 heterocycles. The van der Waals surface area contributed by atoms with E-state index in [2.05, 4.69) is 19.1 Å². The lowest BCUT2D eigenvalue weighted by Gasteiger charge is -2.05. The number of aryl methyl sites for hydroxylation is 1. The lowest BCUT2D eigenvalue weighted by Crippen LogP contribution is -1.85. The van der Waals surface area contributed by atoms with E-state index in [9.17, 15) is 0 Å². The first-order valence-corrected chi connectivity index (χ1v) is 4.39. The highest BCUT2D eigenvalue weighted by Crippen LogP contribution is 2.22. The maximum Gasteiger partial charge on any atom is 0.0185 e. The van der Waals surface area contributed by atoms with E-state index in [1.54, 1.807) is 0 Å². The van der Waals surface area contributed by atoms with Gasteiger partial charge in [-0.15, -0.1) is 0 Å². The van der Waals surface area contributed by atoms with Gasteiger partial charge in [0.1, 0.15) is 0 Å². The van der Waals surface area contributed by atoms with Crippen LogP contribution in [0.4, 0.5) is 0 Å². The van der Waals surface area contributed by atoms with Crippen molar-refractivity contribution in [2.75, 3.05) is 0 Å². The van der Waals surface area contributed by atoms with Gasteiger partial charge in [-0.1, -0.05) is 35.9 Å². The molecule has 0 fully saturated rings. The lowest BCUT2D eigenvalue weighted by atomic mass is 10.0. The zero-order chi connectivity index (χ0) is 9.14. The molecule has 1 heteroatoms. The quantitative estimate of drug-likeness (QED) is 0.613. The van der Waals surface area contributed by atoms with Crippen LogP contribution in [0.1, 0.15) is 25.0 Å². The third kappa shape index (κ3) is 1.89. The maximum atomic E-state index is 5.91. The van der Waals surface area contributed by atoms with Crippen LogP contribution in [0.5, 0.6) is 0 Å². The Morgan fingerprint density at radius 2 is 1.75 bits per heavy atom. The van der Waals surface area contributed by atoms with Crippen molar-refractivity contribution in [1.82, 2.24) is 0 Å². The van der Waals surface area contributed by atoms with E-state index in [1.807, 2.05) is 26.0 Å². The smallest absolute Gasteiger partial charge is 0.0185 e. The lowest BCUT2D eigenvalue weighted by molar-refractivity contribution is 1.40. The highest BCUT2D eigenvalue weighted by Gasteiger charge is 2.00. The average Bonchev–Trinajstić information content (AvgIpc) is 2.04. The molecule has 64 valence electrons. The molecule has 0 aliphatic heterocycles. The summed E-state index contributed by atoms with van der Waals surface area (Å²) in [6.07, 6.45) is 0. The molecule has 0 spiro atoms. The van der Waals surface area contributed by atoms with Gasteiger partial charge < -0.3 is 0 Å². The summed E-state index contributed by atoms with van der Waals surface area (Å²) in [4.78, 5) is 0. The summed E-state index contributed by atoms with van der Waals surface area (Å²) in [7, 11) is 0. The Labute approximate surface area is 78.9 Å². The highest BCUT2D eigenvalue weighted by molar-refractivity contribution is 6.32. The van der Waals surface area contributed by atoms with Gasteiger partial charge >= 0.3 is 0 Å². The average molecular weight is 181 g/mol. The van der Waals surface area contributed by atoms with Crippen LogP contribution >= 0.6 is 11.6 Å². The summed E-state index contributed by atoms with van der Waals surface area (Å²) >= 11 is 5.91. The van der Waals surface area contributed by atoms with Crippen molar-refractivity contribution in [3.8, 4) is 0 Å². The fourth-order valence-corrected chi connectivity index (χ4v) is 1.28. The molecular weight excluding hydrogens is 168 g/mol. The molecule has 0 saturated heterocycles. The van der Waals surface area contributed by atoms with Gasteiger partial charge in [-0.05, 0) is 37.5 Å². The Morgan fingerprint density at radius 3 is 2.25 bits per heavy atom. The van der Waals surface area contributed by atoms with Crippen LogP contribution in [0.3, 0.4) is 0 Å². The standard InChI is InChI=1S/C11H13Cl/c1-8-6-4-5-7-11(8)9(2)10(3)12/h4-7H,1-3H3. The third-order valence-electron chi connectivity index (χ3n) is 2.07. The minimum atomic E-state index is 0.865. The molecule has 12 heavy (non-hydrogen) atoms. The third-order valence-corrected chi connectivity index (χ3v) is 2.35. The topological polar surface area (TPSA) is 0 Å². The Bertz CT molecular complexity index is 307. The van der Waals surface area contributed by atoms with E-state index in [0.29, 0.717) is 0 Å². The molecule has 0 aromatic heterocycles. The molecule has 0 saturated carbocycles. The summed E-state index contributed by atoms with van der Waals surface area (Å²) in [6, 6.07) is 8.26. The van der Waals surface area contributed by atoms with Crippen molar-refractivity contribution >= 4 is 17.2 Å². The second-order valence-electron chi connectivity index (χ2n) is 2.97. The summed E-state index contributed by atoms with van der Waals surface area (Å²) in [5.74, 6) is 0. The molecule has 0 nitrogen and oxygen atoms in total.